The molecule has 1 aliphatic carbocycles. The van der Waals surface area contributed by atoms with Crippen LogP contribution in [0.15, 0.2) is 212 Å². The van der Waals surface area contributed by atoms with Gasteiger partial charge in [0.2, 0.25) is 0 Å². The van der Waals surface area contributed by atoms with Crippen molar-refractivity contribution in [3.8, 4) is 55.6 Å². The van der Waals surface area contributed by atoms with Gasteiger partial charge in [-0.05, 0) is 86.0 Å². The maximum Gasteiger partial charge on any atom is 0.0546 e. The Balaban J connectivity index is 1.19. The van der Waals surface area contributed by atoms with E-state index in [2.05, 4.69) is 231 Å². The minimum absolute atomic E-state index is 0.144. The summed E-state index contributed by atoms with van der Waals surface area (Å²) in [6.07, 6.45) is 0. The van der Waals surface area contributed by atoms with Crippen molar-refractivity contribution >= 4 is 48.6 Å². The van der Waals surface area contributed by atoms with E-state index in [0.29, 0.717) is 0 Å². The molecular weight excluding hydrogens is 731 g/mol. The molecule has 0 saturated heterocycles. The summed E-state index contributed by atoms with van der Waals surface area (Å²) in [5.74, 6) is 0. The quantitative estimate of drug-likeness (QED) is 0.156. The van der Waals surface area contributed by atoms with Crippen LogP contribution < -0.4 is 4.90 Å². The molecule has 0 bridgehead atoms. The number of rotatable bonds is 7. The molecule has 0 aliphatic heterocycles. The third-order valence-corrected chi connectivity index (χ3v) is 13.5. The van der Waals surface area contributed by atoms with Crippen LogP contribution in [0.1, 0.15) is 25.0 Å². The standard InChI is InChI=1S/C57H41NS/c1-57(2)49-29-13-11-25-48(49)55-50(57)30-17-32-52(55)58(41-36-34-40(35-37-41)44-27-15-28-47-45-23-12-14-33-53(45)59-56(44)47)51-31-16-26-43(39-20-7-4-8-21-39)54(51)46-24-10-9-22-42(46)38-18-5-3-6-19-38/h3-37H,1-2H3. The second-order valence-corrected chi connectivity index (χ2v) is 17.1. The zero-order valence-corrected chi connectivity index (χ0v) is 33.9. The Morgan fingerprint density at radius 3 is 1.63 bits per heavy atom. The van der Waals surface area contributed by atoms with Crippen molar-refractivity contribution in [1.29, 1.82) is 0 Å². The lowest BCUT2D eigenvalue weighted by molar-refractivity contribution is 0.660. The van der Waals surface area contributed by atoms with Gasteiger partial charge in [0.25, 0.3) is 0 Å². The summed E-state index contributed by atoms with van der Waals surface area (Å²) in [5.41, 5.74) is 18.2. The van der Waals surface area contributed by atoms with Gasteiger partial charge in [0.15, 0.2) is 0 Å². The highest BCUT2D eigenvalue weighted by molar-refractivity contribution is 7.26. The number of nitrogens with zero attached hydrogens (tertiary/aromatic N) is 1. The lowest BCUT2D eigenvalue weighted by Gasteiger charge is -2.32. The Bertz CT molecular complexity index is 3170. The van der Waals surface area contributed by atoms with Crippen LogP contribution in [0.2, 0.25) is 0 Å². The van der Waals surface area contributed by atoms with Crippen LogP contribution in [0.3, 0.4) is 0 Å². The lowest BCUT2D eigenvalue weighted by atomic mass is 9.82. The van der Waals surface area contributed by atoms with Gasteiger partial charge in [0.1, 0.15) is 0 Å². The summed E-state index contributed by atoms with van der Waals surface area (Å²) in [7, 11) is 0. The van der Waals surface area contributed by atoms with E-state index >= 15 is 0 Å². The SMILES string of the molecule is CC1(C)c2ccccc2-c2c(N(c3ccc(-c4cccc5c4sc4ccccc45)cc3)c3cccc(-c4ccccc4)c3-c3ccccc3-c3ccccc3)cccc21. The zero-order valence-electron chi connectivity index (χ0n) is 33.1. The van der Waals surface area contributed by atoms with Crippen LogP contribution in [-0.4, -0.2) is 0 Å². The van der Waals surface area contributed by atoms with Crippen molar-refractivity contribution in [2.75, 3.05) is 4.90 Å². The Morgan fingerprint density at radius 2 is 0.864 bits per heavy atom. The van der Waals surface area contributed by atoms with Gasteiger partial charge >= 0.3 is 0 Å². The second kappa shape index (κ2) is 14.1. The first kappa shape index (κ1) is 35.2. The van der Waals surface area contributed by atoms with E-state index in [1.54, 1.807) is 0 Å². The fourth-order valence-electron chi connectivity index (χ4n) is 9.53. The number of benzene rings is 9. The lowest BCUT2D eigenvalue weighted by Crippen LogP contribution is -2.16. The minimum atomic E-state index is -0.144. The minimum Gasteiger partial charge on any atom is -0.309 e. The third kappa shape index (κ3) is 5.74. The van der Waals surface area contributed by atoms with E-state index in [1.165, 1.54) is 92.6 Å². The van der Waals surface area contributed by atoms with Gasteiger partial charge in [-0.2, -0.15) is 0 Å². The molecule has 0 amide bonds. The van der Waals surface area contributed by atoms with Gasteiger partial charge in [-0.15, -0.1) is 11.3 Å². The van der Waals surface area contributed by atoms with E-state index in [-0.39, 0.29) is 5.41 Å². The molecule has 0 unspecified atom stereocenters. The normalized spacial score (nSPS) is 12.7. The van der Waals surface area contributed by atoms with Crippen LogP contribution >= 0.6 is 11.3 Å². The Hall–Kier alpha value is -7.00. The average molecular weight is 772 g/mol. The summed E-state index contributed by atoms with van der Waals surface area (Å²) in [5, 5.41) is 2.63. The van der Waals surface area contributed by atoms with Crippen LogP contribution in [0.4, 0.5) is 17.1 Å². The molecule has 2 heteroatoms. The summed E-state index contributed by atoms with van der Waals surface area (Å²) in [6.45, 7) is 4.74. The molecule has 10 aromatic rings. The molecule has 0 radical (unpaired) electrons. The number of hydrogen-bond acceptors (Lipinski definition) is 2. The molecule has 11 rings (SSSR count). The van der Waals surface area contributed by atoms with Crippen molar-refractivity contribution in [3.05, 3.63) is 223 Å². The van der Waals surface area contributed by atoms with Gasteiger partial charge in [0, 0.05) is 42.4 Å². The first-order valence-electron chi connectivity index (χ1n) is 20.4. The number of fused-ring (bicyclic) bond motifs is 6. The van der Waals surface area contributed by atoms with Gasteiger partial charge in [0.05, 0.1) is 11.4 Å². The van der Waals surface area contributed by atoms with E-state index in [0.717, 1.165) is 11.4 Å². The molecule has 59 heavy (non-hydrogen) atoms. The number of anilines is 3. The van der Waals surface area contributed by atoms with Crippen LogP contribution in [0, 0.1) is 0 Å². The highest BCUT2D eigenvalue weighted by atomic mass is 32.1. The summed E-state index contributed by atoms with van der Waals surface area (Å²) < 4.78 is 2.65. The van der Waals surface area contributed by atoms with E-state index < -0.39 is 0 Å². The maximum atomic E-state index is 2.53. The number of thiophene rings is 1. The molecule has 280 valence electrons. The molecule has 1 nitrogen and oxygen atoms in total. The average Bonchev–Trinajstić information content (AvgIpc) is 3.80. The molecule has 0 saturated carbocycles. The Morgan fingerprint density at radius 1 is 0.356 bits per heavy atom. The molecule has 1 aliphatic rings. The van der Waals surface area contributed by atoms with Crippen LogP contribution in [0.5, 0.6) is 0 Å². The Kier molecular flexibility index (Phi) is 8.43. The molecule has 9 aromatic carbocycles. The van der Waals surface area contributed by atoms with Gasteiger partial charge < -0.3 is 4.90 Å². The van der Waals surface area contributed by atoms with Crippen molar-refractivity contribution in [2.45, 2.75) is 19.3 Å². The molecule has 0 spiro atoms. The Labute approximate surface area is 350 Å². The van der Waals surface area contributed by atoms with Crippen molar-refractivity contribution in [3.63, 3.8) is 0 Å². The topological polar surface area (TPSA) is 3.24 Å². The fourth-order valence-corrected chi connectivity index (χ4v) is 10.8. The van der Waals surface area contributed by atoms with Gasteiger partial charge in [-0.1, -0.05) is 196 Å². The van der Waals surface area contributed by atoms with E-state index in [4.69, 9.17) is 0 Å². The molecule has 0 fully saturated rings. The van der Waals surface area contributed by atoms with Crippen molar-refractivity contribution in [1.82, 2.24) is 0 Å². The largest absolute Gasteiger partial charge is 0.309 e. The first-order valence-corrected chi connectivity index (χ1v) is 21.3. The monoisotopic (exact) mass is 771 g/mol. The predicted molar refractivity (Wildman–Crippen MR) is 253 cm³/mol. The molecular formula is C57H41NS. The molecule has 1 aromatic heterocycles. The zero-order chi connectivity index (χ0) is 39.5. The van der Waals surface area contributed by atoms with Crippen LogP contribution in [-0.2, 0) is 5.41 Å². The first-order chi connectivity index (χ1) is 29.1. The van der Waals surface area contributed by atoms with Crippen molar-refractivity contribution in [2.24, 2.45) is 0 Å². The summed E-state index contributed by atoms with van der Waals surface area (Å²) >= 11 is 1.88. The maximum absolute atomic E-state index is 2.53. The van der Waals surface area contributed by atoms with E-state index in [1.807, 2.05) is 11.3 Å². The van der Waals surface area contributed by atoms with Crippen LogP contribution in [0.25, 0.3) is 75.8 Å². The molecule has 0 N–H and O–H groups in total. The number of hydrogen-bond donors (Lipinski definition) is 0. The molecule has 0 atom stereocenters. The van der Waals surface area contributed by atoms with Gasteiger partial charge in [-0.25, -0.2) is 0 Å². The smallest absolute Gasteiger partial charge is 0.0546 e. The molecule has 1 heterocycles. The third-order valence-electron chi connectivity index (χ3n) is 12.3. The predicted octanol–water partition coefficient (Wildman–Crippen LogP) is 16.5. The summed E-state index contributed by atoms with van der Waals surface area (Å²) in [6, 6.07) is 78.1. The second-order valence-electron chi connectivity index (χ2n) is 16.0. The van der Waals surface area contributed by atoms with Gasteiger partial charge in [-0.3, -0.25) is 0 Å². The van der Waals surface area contributed by atoms with Crippen molar-refractivity contribution < 1.29 is 0 Å². The fraction of sp³-hybridized carbons (Fsp3) is 0.0526. The summed E-state index contributed by atoms with van der Waals surface area (Å²) in [4.78, 5) is 2.53. The highest BCUT2D eigenvalue weighted by Gasteiger charge is 2.38. The van der Waals surface area contributed by atoms with E-state index in [9.17, 15) is 0 Å². The highest BCUT2D eigenvalue weighted by Crippen LogP contribution is 2.56.